The Morgan fingerprint density at radius 3 is 2.56 bits per heavy atom. The highest BCUT2D eigenvalue weighted by atomic mass is 16.5. The topological polar surface area (TPSA) is 80.7 Å². The highest BCUT2D eigenvalue weighted by Crippen LogP contribution is 2.26. The molecule has 1 fully saturated rings. The average Bonchev–Trinajstić information content (AvgIpc) is 3.28. The molecular weight excluding hydrogens is 430 g/mol. The number of aryl methyl sites for hydroxylation is 2. The fraction of sp³-hybridized carbons (Fsp3) is 0.385. The van der Waals surface area contributed by atoms with Crippen LogP contribution in [-0.2, 0) is 9.53 Å². The number of methoxy groups -OCH3 is 1. The lowest BCUT2D eigenvalue weighted by atomic mass is 10.1. The average molecular weight is 464 g/mol. The quantitative estimate of drug-likeness (QED) is 0.475. The van der Waals surface area contributed by atoms with Gasteiger partial charge in [-0.25, -0.2) is 4.98 Å². The van der Waals surface area contributed by atoms with Crippen molar-refractivity contribution >= 4 is 11.9 Å². The standard InChI is InChI=1S/C26H33N5O3/c1-19-4-7-22(16-20(19)2)31-18-24(21-5-8-23(33-3)9-6-21)28-26(31)29-25(32)17-27-10-11-30-12-14-34-15-13-30/h4-9,16,18,27H,10-15,17H2,1-3H3,(H,28,29,32). The number of carbonyl (C=O) groups is 1. The monoisotopic (exact) mass is 463 g/mol. The summed E-state index contributed by atoms with van der Waals surface area (Å²) in [5, 5.41) is 6.22. The Bertz CT molecular complexity index is 1100. The number of amides is 1. The lowest BCUT2D eigenvalue weighted by Gasteiger charge is -2.26. The fourth-order valence-electron chi connectivity index (χ4n) is 3.87. The first-order chi connectivity index (χ1) is 16.5. The Morgan fingerprint density at radius 1 is 1.09 bits per heavy atom. The van der Waals surface area contributed by atoms with Crippen LogP contribution in [0.25, 0.3) is 16.9 Å². The van der Waals surface area contributed by atoms with Crippen molar-refractivity contribution in [2.45, 2.75) is 13.8 Å². The van der Waals surface area contributed by atoms with Gasteiger partial charge in [0.05, 0.1) is 32.6 Å². The Labute approximate surface area is 200 Å². The maximum absolute atomic E-state index is 12.7. The Hall–Kier alpha value is -3.20. The van der Waals surface area contributed by atoms with Gasteiger partial charge in [-0.3, -0.25) is 19.6 Å². The number of imidazole rings is 1. The SMILES string of the molecule is COc1ccc(-c2cn(-c3ccc(C)c(C)c3)c(NC(=O)CNCCN3CCOCC3)n2)cc1. The Morgan fingerprint density at radius 2 is 1.85 bits per heavy atom. The number of carbonyl (C=O) groups excluding carboxylic acids is 1. The predicted molar refractivity (Wildman–Crippen MR) is 134 cm³/mol. The molecule has 0 bridgehead atoms. The largest absolute Gasteiger partial charge is 0.497 e. The molecule has 8 nitrogen and oxygen atoms in total. The van der Waals surface area contributed by atoms with Crippen molar-refractivity contribution in [1.82, 2.24) is 19.8 Å². The predicted octanol–water partition coefficient (Wildman–Crippen LogP) is 3.03. The summed E-state index contributed by atoms with van der Waals surface area (Å²) in [6.07, 6.45) is 1.95. The van der Waals surface area contributed by atoms with Crippen LogP contribution in [0.1, 0.15) is 11.1 Å². The van der Waals surface area contributed by atoms with Crippen LogP contribution >= 0.6 is 0 Å². The zero-order valence-corrected chi connectivity index (χ0v) is 20.1. The third-order valence-corrected chi connectivity index (χ3v) is 6.11. The van der Waals surface area contributed by atoms with Gasteiger partial charge >= 0.3 is 0 Å². The minimum Gasteiger partial charge on any atom is -0.497 e. The first kappa shape index (κ1) is 23.9. The van der Waals surface area contributed by atoms with Crippen LogP contribution < -0.4 is 15.4 Å². The van der Waals surface area contributed by atoms with Crippen molar-refractivity contribution in [3.63, 3.8) is 0 Å². The van der Waals surface area contributed by atoms with E-state index >= 15 is 0 Å². The fourth-order valence-corrected chi connectivity index (χ4v) is 3.87. The molecule has 2 heterocycles. The molecule has 8 heteroatoms. The molecule has 1 aromatic heterocycles. The summed E-state index contributed by atoms with van der Waals surface area (Å²) in [5.74, 6) is 1.15. The summed E-state index contributed by atoms with van der Waals surface area (Å²) in [4.78, 5) is 19.8. The molecule has 4 rings (SSSR count). The van der Waals surface area contributed by atoms with E-state index in [2.05, 4.69) is 41.5 Å². The molecule has 3 aromatic rings. The molecule has 0 radical (unpaired) electrons. The van der Waals surface area contributed by atoms with E-state index in [1.165, 1.54) is 11.1 Å². The number of anilines is 1. The number of nitrogens with zero attached hydrogens (tertiary/aromatic N) is 3. The smallest absolute Gasteiger partial charge is 0.240 e. The van der Waals surface area contributed by atoms with Gasteiger partial charge < -0.3 is 14.8 Å². The van der Waals surface area contributed by atoms with Crippen LogP contribution in [0.5, 0.6) is 5.75 Å². The van der Waals surface area contributed by atoms with E-state index in [-0.39, 0.29) is 12.5 Å². The lowest BCUT2D eigenvalue weighted by Crippen LogP contribution is -2.41. The summed E-state index contributed by atoms with van der Waals surface area (Å²) in [6, 6.07) is 14.0. The number of nitrogens with one attached hydrogen (secondary N) is 2. The summed E-state index contributed by atoms with van der Waals surface area (Å²) in [6.45, 7) is 9.46. The number of aromatic nitrogens is 2. The zero-order valence-electron chi connectivity index (χ0n) is 20.1. The van der Waals surface area contributed by atoms with Gasteiger partial charge in [-0.2, -0.15) is 0 Å². The summed E-state index contributed by atoms with van der Waals surface area (Å²) in [5.41, 5.74) is 5.07. The zero-order chi connectivity index (χ0) is 23.9. The van der Waals surface area contributed by atoms with E-state index < -0.39 is 0 Å². The second-order valence-corrected chi connectivity index (χ2v) is 8.50. The Balaban J connectivity index is 1.47. The summed E-state index contributed by atoms with van der Waals surface area (Å²) >= 11 is 0. The van der Waals surface area contributed by atoms with Gasteiger partial charge in [0.1, 0.15) is 5.75 Å². The maximum Gasteiger partial charge on any atom is 0.240 e. The van der Waals surface area contributed by atoms with Gasteiger partial charge in [-0.1, -0.05) is 6.07 Å². The molecule has 1 saturated heterocycles. The molecule has 0 unspecified atom stereocenters. The molecule has 2 aromatic carbocycles. The number of ether oxygens (including phenoxy) is 2. The molecular formula is C26H33N5O3. The Kier molecular flexibility index (Phi) is 7.95. The molecule has 180 valence electrons. The molecule has 1 amide bonds. The van der Waals surface area contributed by atoms with Gasteiger partial charge in [0.25, 0.3) is 0 Å². The van der Waals surface area contributed by atoms with Crippen LogP contribution in [-0.4, -0.2) is 73.4 Å². The molecule has 0 spiro atoms. The number of hydrogen-bond donors (Lipinski definition) is 2. The van der Waals surface area contributed by atoms with Gasteiger partial charge in [-0.05, 0) is 61.4 Å². The molecule has 1 aliphatic heterocycles. The second kappa shape index (κ2) is 11.3. The van der Waals surface area contributed by atoms with Crippen LogP contribution in [0.2, 0.25) is 0 Å². The van der Waals surface area contributed by atoms with Gasteiger partial charge in [0.2, 0.25) is 11.9 Å². The van der Waals surface area contributed by atoms with Gasteiger partial charge in [0, 0.05) is 43.6 Å². The molecule has 0 atom stereocenters. The first-order valence-electron chi connectivity index (χ1n) is 11.7. The number of rotatable bonds is 9. The highest BCUT2D eigenvalue weighted by Gasteiger charge is 2.15. The van der Waals surface area contributed by atoms with Crippen molar-refractivity contribution in [3.05, 3.63) is 59.8 Å². The van der Waals surface area contributed by atoms with Crippen molar-refractivity contribution in [3.8, 4) is 22.7 Å². The second-order valence-electron chi connectivity index (χ2n) is 8.50. The minimum absolute atomic E-state index is 0.126. The van der Waals surface area contributed by atoms with Crippen molar-refractivity contribution in [2.75, 3.05) is 58.4 Å². The normalized spacial score (nSPS) is 14.2. The molecule has 34 heavy (non-hydrogen) atoms. The van der Waals surface area contributed by atoms with E-state index in [0.717, 1.165) is 62.1 Å². The van der Waals surface area contributed by atoms with Crippen LogP contribution in [0.4, 0.5) is 5.95 Å². The van der Waals surface area contributed by atoms with E-state index in [1.54, 1.807) is 7.11 Å². The van der Waals surface area contributed by atoms with Crippen molar-refractivity contribution in [1.29, 1.82) is 0 Å². The van der Waals surface area contributed by atoms with Crippen molar-refractivity contribution in [2.24, 2.45) is 0 Å². The van der Waals surface area contributed by atoms with Gasteiger partial charge in [-0.15, -0.1) is 0 Å². The molecule has 2 N–H and O–H groups in total. The number of morpholine rings is 1. The molecule has 1 aliphatic rings. The highest BCUT2D eigenvalue weighted by molar-refractivity contribution is 5.91. The number of benzene rings is 2. The number of hydrogen-bond acceptors (Lipinski definition) is 6. The summed E-state index contributed by atoms with van der Waals surface area (Å²) < 4.78 is 12.6. The first-order valence-corrected chi connectivity index (χ1v) is 11.7. The van der Waals surface area contributed by atoms with E-state index in [1.807, 2.05) is 41.1 Å². The van der Waals surface area contributed by atoms with Crippen molar-refractivity contribution < 1.29 is 14.3 Å². The maximum atomic E-state index is 12.7. The van der Waals surface area contributed by atoms with E-state index in [0.29, 0.717) is 5.95 Å². The van der Waals surface area contributed by atoms with Gasteiger partial charge in [0.15, 0.2) is 0 Å². The molecule has 0 aliphatic carbocycles. The van der Waals surface area contributed by atoms with Crippen LogP contribution in [0.15, 0.2) is 48.7 Å². The lowest BCUT2D eigenvalue weighted by molar-refractivity contribution is -0.115. The minimum atomic E-state index is -0.126. The van der Waals surface area contributed by atoms with E-state index in [4.69, 9.17) is 14.5 Å². The molecule has 0 saturated carbocycles. The third kappa shape index (κ3) is 6.02. The summed E-state index contributed by atoms with van der Waals surface area (Å²) in [7, 11) is 1.64. The van der Waals surface area contributed by atoms with Crippen LogP contribution in [0.3, 0.4) is 0 Å². The third-order valence-electron chi connectivity index (χ3n) is 6.11. The van der Waals surface area contributed by atoms with E-state index in [9.17, 15) is 4.79 Å². The van der Waals surface area contributed by atoms with Crippen LogP contribution in [0, 0.1) is 13.8 Å².